The predicted molar refractivity (Wildman–Crippen MR) is 48.3 cm³/mol. The zero-order valence-corrected chi connectivity index (χ0v) is 8.08. The second kappa shape index (κ2) is 4.21. The molecule has 76 valence electrons. The molecule has 0 spiro atoms. The Hall–Kier alpha value is -1.40. The molecule has 0 aliphatic heterocycles. The molecule has 1 rings (SSSR count). The molecule has 1 unspecified atom stereocenters. The maximum absolute atomic E-state index is 11.0. The Balaban J connectivity index is 2.88. The largest absolute Gasteiger partial charge is 0.479 e. The summed E-state index contributed by atoms with van der Waals surface area (Å²) < 4.78 is 4.43. The second-order valence-electron chi connectivity index (χ2n) is 2.43. The van der Waals surface area contributed by atoms with E-state index >= 15 is 0 Å². The molecule has 14 heavy (non-hydrogen) atoms. The Morgan fingerprint density at radius 2 is 2.14 bits per heavy atom. The third-order valence-corrected chi connectivity index (χ3v) is 2.63. The van der Waals surface area contributed by atoms with Crippen LogP contribution >= 0.6 is 11.3 Å². The van der Waals surface area contributed by atoms with E-state index in [1.807, 2.05) is 0 Å². The van der Waals surface area contributed by atoms with Gasteiger partial charge in [0.25, 0.3) is 0 Å². The van der Waals surface area contributed by atoms with Crippen LogP contribution in [0.15, 0.2) is 12.1 Å². The van der Waals surface area contributed by atoms with E-state index in [1.54, 1.807) is 0 Å². The Morgan fingerprint density at radius 1 is 1.50 bits per heavy atom. The number of aliphatic hydroxyl groups is 1. The number of aliphatic hydroxyl groups excluding tert-OH is 1. The van der Waals surface area contributed by atoms with E-state index in [2.05, 4.69) is 4.74 Å². The van der Waals surface area contributed by atoms with Gasteiger partial charge in [0.2, 0.25) is 0 Å². The van der Waals surface area contributed by atoms with Crippen molar-refractivity contribution < 1.29 is 24.5 Å². The van der Waals surface area contributed by atoms with Crippen LogP contribution in [0.5, 0.6) is 0 Å². The second-order valence-corrected chi connectivity index (χ2v) is 3.55. The van der Waals surface area contributed by atoms with Gasteiger partial charge in [-0.3, -0.25) is 0 Å². The van der Waals surface area contributed by atoms with Crippen LogP contribution in [0, 0.1) is 0 Å². The summed E-state index contributed by atoms with van der Waals surface area (Å²) in [6.07, 6.45) is -1.58. The zero-order chi connectivity index (χ0) is 10.7. The summed E-state index contributed by atoms with van der Waals surface area (Å²) in [6.45, 7) is 0. The van der Waals surface area contributed by atoms with Crippen molar-refractivity contribution in [2.24, 2.45) is 0 Å². The van der Waals surface area contributed by atoms with Crippen molar-refractivity contribution >= 4 is 23.3 Å². The lowest BCUT2D eigenvalue weighted by Crippen LogP contribution is -2.08. The highest BCUT2D eigenvalue weighted by molar-refractivity contribution is 7.14. The van der Waals surface area contributed by atoms with E-state index in [-0.39, 0.29) is 9.75 Å². The van der Waals surface area contributed by atoms with Gasteiger partial charge in [0, 0.05) is 4.88 Å². The molecule has 0 aliphatic rings. The van der Waals surface area contributed by atoms with Gasteiger partial charge in [-0.2, -0.15) is 0 Å². The highest BCUT2D eigenvalue weighted by atomic mass is 32.1. The fourth-order valence-corrected chi connectivity index (χ4v) is 1.74. The van der Waals surface area contributed by atoms with E-state index < -0.39 is 18.0 Å². The lowest BCUT2D eigenvalue weighted by atomic mass is 10.3. The standard InChI is InChI=1S/C8H8O5S/c1-13-8(12)5-3-2-4(14-5)6(9)7(10)11/h2-3,6,9H,1H3,(H,10,11). The number of carbonyl (C=O) groups is 2. The number of hydrogen-bond acceptors (Lipinski definition) is 5. The van der Waals surface area contributed by atoms with Gasteiger partial charge in [-0.25, -0.2) is 9.59 Å². The first-order valence-electron chi connectivity index (χ1n) is 3.65. The molecule has 6 heteroatoms. The van der Waals surface area contributed by atoms with Gasteiger partial charge in [0.1, 0.15) is 4.88 Å². The molecular weight excluding hydrogens is 208 g/mol. The van der Waals surface area contributed by atoms with Crippen LogP contribution in [0.4, 0.5) is 0 Å². The van der Waals surface area contributed by atoms with Crippen LogP contribution < -0.4 is 0 Å². The van der Waals surface area contributed by atoms with Crippen molar-refractivity contribution in [2.75, 3.05) is 7.11 Å². The first-order chi connectivity index (χ1) is 6.56. The number of hydrogen-bond donors (Lipinski definition) is 2. The first-order valence-corrected chi connectivity index (χ1v) is 4.47. The number of thiophene rings is 1. The molecule has 1 aromatic heterocycles. The summed E-state index contributed by atoms with van der Waals surface area (Å²) in [4.78, 5) is 21.8. The molecule has 1 aromatic rings. The molecule has 0 amide bonds. The molecule has 0 fully saturated rings. The van der Waals surface area contributed by atoms with Gasteiger partial charge < -0.3 is 14.9 Å². The lowest BCUT2D eigenvalue weighted by molar-refractivity contribution is -0.146. The SMILES string of the molecule is COC(=O)c1ccc(C(O)C(=O)O)s1. The highest BCUT2D eigenvalue weighted by Crippen LogP contribution is 2.23. The van der Waals surface area contributed by atoms with Crippen molar-refractivity contribution in [3.05, 3.63) is 21.9 Å². The molecule has 1 heterocycles. The van der Waals surface area contributed by atoms with E-state index in [9.17, 15) is 9.59 Å². The molecule has 0 radical (unpaired) electrons. The molecule has 0 saturated heterocycles. The van der Waals surface area contributed by atoms with Gasteiger partial charge in [0.05, 0.1) is 7.11 Å². The quantitative estimate of drug-likeness (QED) is 0.725. The molecule has 2 N–H and O–H groups in total. The molecule has 0 bridgehead atoms. The van der Waals surface area contributed by atoms with Crippen LogP contribution in [0.1, 0.15) is 20.7 Å². The van der Waals surface area contributed by atoms with Crippen molar-refractivity contribution in [2.45, 2.75) is 6.10 Å². The Bertz CT molecular complexity index is 356. The maximum Gasteiger partial charge on any atom is 0.348 e. The van der Waals surface area contributed by atoms with Crippen LogP contribution in [0.25, 0.3) is 0 Å². The summed E-state index contributed by atoms with van der Waals surface area (Å²) in [5.74, 6) is -1.89. The molecule has 0 aliphatic carbocycles. The number of carboxylic acid groups (broad SMARTS) is 1. The molecule has 5 nitrogen and oxygen atoms in total. The summed E-state index contributed by atoms with van der Waals surface area (Å²) in [5, 5.41) is 17.6. The number of carboxylic acids is 1. The maximum atomic E-state index is 11.0. The van der Waals surface area contributed by atoms with Crippen molar-refractivity contribution in [1.82, 2.24) is 0 Å². The average Bonchev–Trinajstić information content (AvgIpc) is 2.64. The number of rotatable bonds is 3. The number of esters is 1. The van der Waals surface area contributed by atoms with Gasteiger partial charge in [0.15, 0.2) is 6.10 Å². The van der Waals surface area contributed by atoms with Crippen LogP contribution in [0.3, 0.4) is 0 Å². The van der Waals surface area contributed by atoms with Gasteiger partial charge in [-0.1, -0.05) is 0 Å². The highest BCUT2D eigenvalue weighted by Gasteiger charge is 2.19. The minimum absolute atomic E-state index is 0.206. The van der Waals surface area contributed by atoms with E-state index in [0.717, 1.165) is 11.3 Å². The third kappa shape index (κ3) is 2.09. The molecule has 0 aromatic carbocycles. The predicted octanol–water partition coefficient (Wildman–Crippen LogP) is 0.653. The summed E-state index contributed by atoms with van der Waals surface area (Å²) in [6, 6.07) is 2.80. The van der Waals surface area contributed by atoms with Crippen LogP contribution in [-0.2, 0) is 9.53 Å². The van der Waals surface area contributed by atoms with E-state index in [4.69, 9.17) is 10.2 Å². The topological polar surface area (TPSA) is 83.8 Å². The molecular formula is C8H8O5S. The summed E-state index contributed by atoms with van der Waals surface area (Å²) in [5.41, 5.74) is 0. The monoisotopic (exact) mass is 216 g/mol. The number of carbonyl (C=O) groups excluding carboxylic acids is 1. The molecule has 1 atom stereocenters. The Kier molecular flexibility index (Phi) is 3.21. The summed E-state index contributed by atoms with van der Waals surface area (Å²) >= 11 is 0.897. The van der Waals surface area contributed by atoms with Crippen molar-refractivity contribution in [3.63, 3.8) is 0 Å². The smallest absolute Gasteiger partial charge is 0.348 e. The third-order valence-electron chi connectivity index (χ3n) is 1.52. The molecule has 0 saturated carbocycles. The average molecular weight is 216 g/mol. The van der Waals surface area contributed by atoms with Crippen LogP contribution in [0.2, 0.25) is 0 Å². The minimum Gasteiger partial charge on any atom is -0.479 e. The Morgan fingerprint density at radius 3 is 2.64 bits per heavy atom. The van der Waals surface area contributed by atoms with E-state index in [0.29, 0.717) is 0 Å². The normalized spacial score (nSPS) is 12.1. The van der Waals surface area contributed by atoms with Crippen molar-refractivity contribution in [3.8, 4) is 0 Å². The Labute approximate surface area is 83.6 Å². The zero-order valence-electron chi connectivity index (χ0n) is 7.26. The van der Waals surface area contributed by atoms with Crippen molar-refractivity contribution in [1.29, 1.82) is 0 Å². The van der Waals surface area contributed by atoms with Gasteiger partial charge in [-0.05, 0) is 12.1 Å². The summed E-state index contributed by atoms with van der Waals surface area (Å²) in [7, 11) is 1.23. The van der Waals surface area contributed by atoms with Gasteiger partial charge >= 0.3 is 11.9 Å². The van der Waals surface area contributed by atoms with Crippen LogP contribution in [-0.4, -0.2) is 29.3 Å². The minimum atomic E-state index is -1.58. The van der Waals surface area contributed by atoms with E-state index in [1.165, 1.54) is 19.2 Å². The fraction of sp³-hybridized carbons (Fsp3) is 0.250. The van der Waals surface area contributed by atoms with Gasteiger partial charge in [-0.15, -0.1) is 11.3 Å². The number of methoxy groups -OCH3 is 1. The lowest BCUT2D eigenvalue weighted by Gasteiger charge is -1.99. The fourth-order valence-electron chi connectivity index (χ4n) is 0.832. The first kappa shape index (κ1) is 10.7. The number of ether oxygens (including phenoxy) is 1. The number of aliphatic carboxylic acids is 1.